The van der Waals surface area contributed by atoms with Gasteiger partial charge in [0.25, 0.3) is 0 Å². The van der Waals surface area contributed by atoms with Crippen LogP contribution in [0.5, 0.6) is 0 Å². The van der Waals surface area contributed by atoms with Crippen LogP contribution in [0.25, 0.3) is 0 Å². The van der Waals surface area contributed by atoms with Gasteiger partial charge in [0.05, 0.1) is 55.3 Å². The highest BCUT2D eigenvalue weighted by atomic mass is 16.9. The van der Waals surface area contributed by atoms with Crippen molar-refractivity contribution in [1.29, 1.82) is 0 Å². The van der Waals surface area contributed by atoms with E-state index in [0.717, 1.165) is 116 Å². The van der Waals surface area contributed by atoms with Gasteiger partial charge >= 0.3 is 12.1 Å². The molecule has 2 saturated heterocycles. The van der Waals surface area contributed by atoms with Crippen LogP contribution >= 0.6 is 0 Å². The highest BCUT2D eigenvalue weighted by Crippen LogP contribution is 2.42. The second kappa shape index (κ2) is 76.6. The minimum absolute atomic E-state index is 0.0345. The molecule has 700 valence electrons. The number of unbranched alkanes of at least 4 members (excludes halogenated alkanes) is 51. The lowest BCUT2D eigenvalue weighted by atomic mass is 9.78. The number of carbonyl (C=O) groups excluding carboxylic acids is 3. The molecule has 0 aromatic rings. The van der Waals surface area contributed by atoms with Gasteiger partial charge in [0.2, 0.25) is 0 Å². The molecule has 14 nitrogen and oxygen atoms in total. The van der Waals surface area contributed by atoms with Crippen molar-refractivity contribution in [3.63, 3.8) is 0 Å². The molecule has 0 radical (unpaired) electrons. The zero-order valence-electron chi connectivity index (χ0n) is 80.0. The Bertz CT molecular complexity index is 2230. The molecule has 4 N–H and O–H groups in total. The van der Waals surface area contributed by atoms with Crippen LogP contribution in [0.15, 0.2) is 0 Å². The van der Waals surface area contributed by atoms with Gasteiger partial charge in [0.15, 0.2) is 6.29 Å². The van der Waals surface area contributed by atoms with Crippen LogP contribution in [-0.4, -0.2) is 119 Å². The summed E-state index contributed by atoms with van der Waals surface area (Å²) in [6.45, 7) is 27.2. The average Bonchev–Trinajstić information content (AvgIpc) is 0.792. The van der Waals surface area contributed by atoms with Crippen LogP contribution in [-0.2, 0) is 47.5 Å². The quantitative estimate of drug-likeness (QED) is 0.0255. The maximum atomic E-state index is 15.5. The van der Waals surface area contributed by atoms with Gasteiger partial charge in [-0.05, 0) is 83.0 Å². The van der Waals surface area contributed by atoms with Crippen LogP contribution in [0.3, 0.4) is 0 Å². The third kappa shape index (κ3) is 60.2. The first-order chi connectivity index (χ1) is 57.2. The van der Waals surface area contributed by atoms with Crippen molar-refractivity contribution in [3.05, 3.63) is 0 Å². The highest BCUT2D eigenvalue weighted by molar-refractivity contribution is 5.80. The maximum absolute atomic E-state index is 15.5. The van der Waals surface area contributed by atoms with Crippen LogP contribution in [0.4, 0.5) is 0 Å². The van der Waals surface area contributed by atoms with Crippen LogP contribution in [0, 0.1) is 35.5 Å². The van der Waals surface area contributed by atoms with Gasteiger partial charge in [-0.2, -0.15) is 0 Å². The monoisotopic (exact) mass is 1670 g/mol. The van der Waals surface area contributed by atoms with Crippen molar-refractivity contribution in [3.8, 4) is 0 Å². The minimum Gasteiger partial charge on any atom is -0.459 e. The fourth-order valence-electron chi connectivity index (χ4n) is 19.3. The third-order valence-electron chi connectivity index (χ3n) is 26.8. The predicted octanol–water partition coefficient (Wildman–Crippen LogP) is 29.3. The molecule has 0 amide bonds. The van der Waals surface area contributed by atoms with E-state index in [2.05, 4.69) is 76.2 Å². The van der Waals surface area contributed by atoms with E-state index in [1.54, 1.807) is 0 Å². The molecule has 2 aliphatic heterocycles. The van der Waals surface area contributed by atoms with E-state index in [4.69, 9.17) is 33.2 Å². The number of Topliss-reactive ketones (excluding diaryl/α,β-unsaturated/α-hetero) is 2. The lowest BCUT2D eigenvalue weighted by molar-refractivity contribution is -0.482. The van der Waals surface area contributed by atoms with Crippen molar-refractivity contribution in [2.24, 2.45) is 35.5 Å². The van der Waals surface area contributed by atoms with Crippen molar-refractivity contribution < 1.29 is 68.0 Å². The fraction of sp³-hybridized carbons (Fsp3) is 0.971. The standard InChI is InChI=1S/C104H200O14/c1-13-20-26-32-38-43-45-47-52-58-64-70-76-112-94(75-69-63-57-50-42-36-30-24-17-5)81-93(107)83-96-101(117-99(108)80-90(73-67-61-55-49-41-35-29-23-16-4)79-91(105)74-68-62-56-51-46-44-39-33-27-21-14-2)102(118-104(109,110)111)97(19-7)116-103(96)113-84-98-88(11)100(114-87(10)77-85(8)71-65-59-53-37-31-25-18-6)95(89(12)115-98)82-92(106)78-86(9)72-66-60-54-48-40-34-28-22-15-3/h85-90,92,94-98,100-103,106,109-111H,13-84H2,1-12H3/t85?,86?,87?,88?,89?,90-,92?,94+,95?,96?,97?,98?,100?,101?,102?,103?/m0/s1. The van der Waals surface area contributed by atoms with Crippen LogP contribution in [0.2, 0.25) is 0 Å². The number of esters is 1. The first-order valence-electron chi connectivity index (χ1n) is 52.2. The van der Waals surface area contributed by atoms with Crippen LogP contribution in [0.1, 0.15) is 533 Å². The van der Waals surface area contributed by atoms with E-state index in [0.29, 0.717) is 37.7 Å². The molecule has 0 saturated carbocycles. The molecule has 2 fully saturated rings. The molecule has 0 aromatic heterocycles. The molecule has 2 heterocycles. The van der Waals surface area contributed by atoms with Gasteiger partial charge in [0.1, 0.15) is 23.8 Å². The summed E-state index contributed by atoms with van der Waals surface area (Å²) in [5.41, 5.74) is 0. The SMILES string of the molecule is CCCCCCCCCCCCCCO[C@H](CCCCCCCCCCC)CC(=O)CC1C(OCC2OC(C)C(CC(O)CC(C)CCCCCCCCCCC)C(OC(C)CC(C)CCCCCCCCC)C2C)OC(CC)C(OC(O)(O)O)C1OC(=O)C[C@@H](CCCCCCCCCCC)CC(=O)CCCCCCCCCCCCC. The highest BCUT2D eigenvalue weighted by Gasteiger charge is 2.53. The van der Waals surface area contributed by atoms with E-state index in [-0.39, 0.29) is 92.4 Å². The normalized spacial score (nSPS) is 21.4. The van der Waals surface area contributed by atoms with E-state index in [9.17, 15) is 25.2 Å². The maximum Gasteiger partial charge on any atom is 0.405 e. The lowest BCUT2D eigenvalue weighted by Crippen LogP contribution is -2.61. The second-order valence-electron chi connectivity index (χ2n) is 38.6. The summed E-state index contributed by atoms with van der Waals surface area (Å²) < 4.78 is 48.0. The number of ketones is 2. The zero-order chi connectivity index (χ0) is 86.3. The van der Waals surface area contributed by atoms with Gasteiger partial charge in [-0.25, -0.2) is 0 Å². The molecular weight excluding hydrogens is 1470 g/mol. The average molecular weight is 1670 g/mol. The van der Waals surface area contributed by atoms with E-state index in [1.165, 1.54) is 283 Å². The molecule has 16 atom stereocenters. The molecule has 0 spiro atoms. The molecule has 0 aliphatic carbocycles. The number of aliphatic hydroxyl groups is 4. The lowest BCUT2D eigenvalue weighted by Gasteiger charge is -2.48. The number of hydrogen-bond acceptors (Lipinski definition) is 14. The summed E-state index contributed by atoms with van der Waals surface area (Å²) in [6, 6.07) is 0. The van der Waals surface area contributed by atoms with Gasteiger partial charge < -0.3 is 48.8 Å². The van der Waals surface area contributed by atoms with Crippen molar-refractivity contribution in [2.45, 2.75) is 600 Å². The zero-order valence-corrected chi connectivity index (χ0v) is 80.0. The Kier molecular flexibility index (Phi) is 73.0. The topological polar surface area (TPSA) is 197 Å². The Morgan fingerprint density at radius 3 is 1.21 bits per heavy atom. The first kappa shape index (κ1) is 112. The number of rotatable bonds is 87. The summed E-state index contributed by atoms with van der Waals surface area (Å²) in [7, 11) is 0. The van der Waals surface area contributed by atoms with Crippen LogP contribution < -0.4 is 0 Å². The summed E-state index contributed by atoms with van der Waals surface area (Å²) in [5.74, 6) is -1.34. The second-order valence-corrected chi connectivity index (χ2v) is 38.6. The van der Waals surface area contributed by atoms with Gasteiger partial charge in [0, 0.05) is 50.5 Å². The molecule has 0 aromatic carbocycles. The third-order valence-corrected chi connectivity index (χ3v) is 26.8. The number of ether oxygens (including phenoxy) is 7. The van der Waals surface area contributed by atoms with E-state index < -0.39 is 54.9 Å². The molecule has 14 unspecified atom stereocenters. The van der Waals surface area contributed by atoms with Gasteiger partial charge in [-0.3, -0.25) is 19.1 Å². The molecular formula is C104H200O14. The molecule has 118 heavy (non-hydrogen) atoms. The van der Waals surface area contributed by atoms with Crippen molar-refractivity contribution >= 4 is 17.5 Å². The summed E-state index contributed by atoms with van der Waals surface area (Å²) in [4.78, 5) is 44.9. The number of aliphatic hydroxyl groups excluding tert-OH is 1. The Balaban J connectivity index is 2.70. The van der Waals surface area contributed by atoms with E-state index >= 15 is 9.59 Å². The molecule has 14 heteroatoms. The Hall–Kier alpha value is -1.59. The Morgan fingerprint density at radius 1 is 0.398 bits per heavy atom. The molecule has 0 bridgehead atoms. The summed E-state index contributed by atoms with van der Waals surface area (Å²) >= 11 is 0. The smallest absolute Gasteiger partial charge is 0.405 e. The summed E-state index contributed by atoms with van der Waals surface area (Å²) in [6.07, 6.45) is 65.6. The predicted molar refractivity (Wildman–Crippen MR) is 494 cm³/mol. The minimum atomic E-state index is -3.65. The Labute approximate surface area is 730 Å². The number of hydrogen-bond donors (Lipinski definition) is 4. The Morgan fingerprint density at radius 2 is 0.788 bits per heavy atom. The van der Waals surface area contributed by atoms with Gasteiger partial charge in [-0.15, -0.1) is 0 Å². The van der Waals surface area contributed by atoms with Crippen molar-refractivity contribution in [1.82, 2.24) is 0 Å². The fourth-order valence-corrected chi connectivity index (χ4v) is 19.3. The largest absolute Gasteiger partial charge is 0.459 e. The molecule has 2 aliphatic rings. The van der Waals surface area contributed by atoms with Crippen molar-refractivity contribution in [2.75, 3.05) is 13.2 Å². The first-order valence-corrected chi connectivity index (χ1v) is 52.2. The molecule has 2 rings (SSSR count). The van der Waals surface area contributed by atoms with Gasteiger partial charge in [-0.1, -0.05) is 435 Å². The number of carbonyl (C=O) groups is 3. The van der Waals surface area contributed by atoms with E-state index in [1.807, 2.05) is 6.92 Å². The summed E-state index contributed by atoms with van der Waals surface area (Å²) in [5, 5.41) is 44.8.